The molecule has 0 saturated heterocycles. The van der Waals surface area contributed by atoms with Gasteiger partial charge in [-0.3, -0.25) is 9.59 Å². The molecule has 0 spiro atoms. The summed E-state index contributed by atoms with van der Waals surface area (Å²) in [5.41, 5.74) is -0.847. The lowest BCUT2D eigenvalue weighted by atomic mass is 10.2. The topological polar surface area (TPSA) is 105 Å². The molecule has 0 unspecified atom stereocenters. The van der Waals surface area contributed by atoms with Gasteiger partial charge in [-0.05, 0) is 30.3 Å². The fourth-order valence-electron chi connectivity index (χ4n) is 2.01. The Morgan fingerprint density at radius 1 is 1.15 bits per heavy atom. The van der Waals surface area contributed by atoms with Gasteiger partial charge in [0.25, 0.3) is 0 Å². The third kappa shape index (κ3) is 5.93. The summed E-state index contributed by atoms with van der Waals surface area (Å²) in [5.74, 6) is -1.29. The molecule has 0 atom stereocenters. The number of esters is 1. The van der Waals surface area contributed by atoms with E-state index in [9.17, 15) is 31.2 Å². The quantitative estimate of drug-likeness (QED) is 0.518. The number of halogens is 3. The first-order valence-corrected chi connectivity index (χ1v) is 9.07. The van der Waals surface area contributed by atoms with Gasteiger partial charge in [-0.25, -0.2) is 13.1 Å². The molecular weight excluding hydrogens is 389 g/mol. The predicted molar refractivity (Wildman–Crippen MR) is 87.3 cm³/mol. The van der Waals surface area contributed by atoms with Crippen molar-refractivity contribution >= 4 is 21.8 Å². The van der Waals surface area contributed by atoms with Crippen molar-refractivity contribution in [2.24, 2.45) is 0 Å². The van der Waals surface area contributed by atoms with Gasteiger partial charge in [0.1, 0.15) is 0 Å². The van der Waals surface area contributed by atoms with Crippen LogP contribution in [-0.4, -0.2) is 38.3 Å². The maximum absolute atomic E-state index is 12.7. The Bertz CT molecular complexity index is 908. The van der Waals surface area contributed by atoms with Crippen LogP contribution in [0.15, 0.2) is 47.5 Å². The number of H-pyrrole nitrogens is 1. The third-order valence-electron chi connectivity index (χ3n) is 3.36. The standard InChI is InChI=1S/C16H15F3N2O5S/c17-16(18,19)11-3-1-4-12(9-11)27(24,25)21-8-6-15(23)26-10-14(22)13-5-2-7-20-13/h1-5,7,9,20-21H,6,8,10H2. The zero-order chi connectivity index (χ0) is 20.1. The number of carbonyl (C=O) groups excluding carboxylic acids is 2. The van der Waals surface area contributed by atoms with E-state index in [-0.39, 0.29) is 5.69 Å². The Hall–Kier alpha value is -2.66. The molecule has 7 nitrogen and oxygen atoms in total. The Kier molecular flexibility index (Phi) is 6.39. The van der Waals surface area contributed by atoms with Crippen LogP contribution in [0, 0.1) is 0 Å². The number of benzene rings is 1. The minimum absolute atomic E-state index is 0.257. The highest BCUT2D eigenvalue weighted by Gasteiger charge is 2.31. The second kappa shape index (κ2) is 8.35. The highest BCUT2D eigenvalue weighted by Crippen LogP contribution is 2.30. The van der Waals surface area contributed by atoms with Crippen LogP contribution in [0.4, 0.5) is 13.2 Å². The molecule has 0 saturated carbocycles. The van der Waals surface area contributed by atoms with Crippen LogP contribution in [0.2, 0.25) is 0 Å². The molecule has 2 N–H and O–H groups in total. The molecule has 0 aliphatic heterocycles. The number of ether oxygens (including phenoxy) is 1. The van der Waals surface area contributed by atoms with Crippen molar-refractivity contribution in [3.63, 3.8) is 0 Å². The number of aromatic amines is 1. The van der Waals surface area contributed by atoms with Gasteiger partial charge < -0.3 is 9.72 Å². The first-order valence-electron chi connectivity index (χ1n) is 7.59. The van der Waals surface area contributed by atoms with E-state index >= 15 is 0 Å². The van der Waals surface area contributed by atoms with Crippen LogP contribution >= 0.6 is 0 Å². The fraction of sp³-hybridized carbons (Fsp3) is 0.250. The first kappa shape index (κ1) is 20.6. The number of hydrogen-bond donors (Lipinski definition) is 2. The molecule has 146 valence electrons. The average molecular weight is 404 g/mol. The van der Waals surface area contributed by atoms with Crippen LogP contribution in [0.25, 0.3) is 0 Å². The van der Waals surface area contributed by atoms with Crippen LogP contribution in [0.3, 0.4) is 0 Å². The minimum Gasteiger partial charge on any atom is -0.457 e. The normalized spacial score (nSPS) is 12.0. The molecule has 0 aliphatic rings. The van der Waals surface area contributed by atoms with Gasteiger partial charge in [0.2, 0.25) is 15.8 Å². The first-order chi connectivity index (χ1) is 12.6. The average Bonchev–Trinajstić information content (AvgIpc) is 3.13. The molecular formula is C16H15F3N2O5S. The number of rotatable bonds is 8. The van der Waals surface area contributed by atoms with Crippen LogP contribution in [-0.2, 0) is 25.7 Å². The lowest BCUT2D eigenvalue weighted by Crippen LogP contribution is -2.27. The predicted octanol–water partition coefficient (Wildman–Crippen LogP) is 2.13. The summed E-state index contributed by atoms with van der Waals surface area (Å²) >= 11 is 0. The van der Waals surface area contributed by atoms with Crippen molar-refractivity contribution in [1.82, 2.24) is 9.71 Å². The molecule has 0 bridgehead atoms. The number of aromatic nitrogens is 1. The minimum atomic E-state index is -4.68. The maximum Gasteiger partial charge on any atom is 0.416 e. The second-order valence-corrected chi connectivity index (χ2v) is 7.11. The van der Waals surface area contributed by atoms with E-state index in [0.29, 0.717) is 6.07 Å². The Balaban J connectivity index is 1.85. The van der Waals surface area contributed by atoms with Crippen molar-refractivity contribution in [2.75, 3.05) is 13.2 Å². The summed E-state index contributed by atoms with van der Waals surface area (Å²) in [7, 11) is -4.24. The molecule has 0 radical (unpaired) electrons. The zero-order valence-corrected chi connectivity index (χ0v) is 14.6. The number of ketones is 1. The van der Waals surface area contributed by atoms with E-state index in [4.69, 9.17) is 4.74 Å². The molecule has 1 heterocycles. The molecule has 0 amide bonds. The van der Waals surface area contributed by atoms with E-state index < -0.39 is 58.0 Å². The van der Waals surface area contributed by atoms with Crippen LogP contribution in [0.1, 0.15) is 22.5 Å². The van der Waals surface area contributed by atoms with E-state index in [2.05, 4.69) is 4.98 Å². The van der Waals surface area contributed by atoms with Gasteiger partial charge in [-0.1, -0.05) is 6.07 Å². The number of sulfonamides is 1. The Morgan fingerprint density at radius 3 is 2.52 bits per heavy atom. The van der Waals surface area contributed by atoms with Gasteiger partial charge in [0.05, 0.1) is 22.6 Å². The van der Waals surface area contributed by atoms with Gasteiger partial charge in [-0.2, -0.15) is 13.2 Å². The maximum atomic E-state index is 12.7. The van der Waals surface area contributed by atoms with Crippen molar-refractivity contribution in [1.29, 1.82) is 0 Å². The molecule has 27 heavy (non-hydrogen) atoms. The van der Waals surface area contributed by atoms with Crippen molar-refractivity contribution in [2.45, 2.75) is 17.5 Å². The van der Waals surface area contributed by atoms with E-state index in [1.807, 2.05) is 4.72 Å². The SMILES string of the molecule is O=C(CCNS(=O)(=O)c1cccc(C(F)(F)F)c1)OCC(=O)c1ccc[nH]1. The largest absolute Gasteiger partial charge is 0.457 e. The smallest absolute Gasteiger partial charge is 0.416 e. The summed E-state index contributed by atoms with van der Waals surface area (Å²) in [6, 6.07) is 6.31. The molecule has 1 aromatic heterocycles. The zero-order valence-electron chi connectivity index (χ0n) is 13.7. The summed E-state index contributed by atoms with van der Waals surface area (Å²) in [6.45, 7) is -0.909. The summed E-state index contributed by atoms with van der Waals surface area (Å²) in [6.07, 6.45) is -3.55. The lowest BCUT2D eigenvalue weighted by molar-refractivity contribution is -0.142. The summed E-state index contributed by atoms with van der Waals surface area (Å²) in [4.78, 5) is 25.3. The summed E-state index contributed by atoms with van der Waals surface area (Å²) < 4.78 is 68.8. The third-order valence-corrected chi connectivity index (χ3v) is 4.81. The van der Waals surface area contributed by atoms with E-state index in [0.717, 1.165) is 18.2 Å². The fourth-order valence-corrected chi connectivity index (χ4v) is 3.09. The van der Waals surface area contributed by atoms with Gasteiger partial charge >= 0.3 is 12.1 Å². The number of carbonyl (C=O) groups is 2. The molecule has 2 rings (SSSR count). The van der Waals surface area contributed by atoms with E-state index in [1.54, 1.807) is 6.07 Å². The number of alkyl halides is 3. The van der Waals surface area contributed by atoms with Crippen molar-refractivity contribution in [3.05, 3.63) is 53.9 Å². The summed E-state index contributed by atoms with van der Waals surface area (Å²) in [5, 5.41) is 0. The van der Waals surface area contributed by atoms with Crippen molar-refractivity contribution < 1.29 is 35.9 Å². The van der Waals surface area contributed by atoms with Crippen LogP contribution < -0.4 is 4.72 Å². The Morgan fingerprint density at radius 2 is 1.89 bits per heavy atom. The number of nitrogens with one attached hydrogen (secondary N) is 2. The lowest BCUT2D eigenvalue weighted by Gasteiger charge is -2.10. The monoisotopic (exact) mass is 404 g/mol. The highest BCUT2D eigenvalue weighted by atomic mass is 32.2. The van der Waals surface area contributed by atoms with Gasteiger partial charge in [0, 0.05) is 12.7 Å². The molecule has 11 heteroatoms. The van der Waals surface area contributed by atoms with Crippen molar-refractivity contribution in [3.8, 4) is 0 Å². The van der Waals surface area contributed by atoms with E-state index in [1.165, 1.54) is 12.3 Å². The number of hydrogen-bond acceptors (Lipinski definition) is 5. The molecule has 0 fully saturated rings. The van der Waals surface area contributed by atoms with Gasteiger partial charge in [-0.15, -0.1) is 0 Å². The highest BCUT2D eigenvalue weighted by molar-refractivity contribution is 7.89. The second-order valence-electron chi connectivity index (χ2n) is 5.34. The molecule has 2 aromatic rings. The molecule has 0 aliphatic carbocycles. The number of Topliss-reactive ketones (excluding diaryl/α,β-unsaturated/α-hetero) is 1. The Labute approximate surface area is 152 Å². The van der Waals surface area contributed by atoms with Crippen LogP contribution in [0.5, 0.6) is 0 Å². The molecule has 1 aromatic carbocycles. The van der Waals surface area contributed by atoms with Gasteiger partial charge in [0.15, 0.2) is 6.61 Å².